The Morgan fingerprint density at radius 1 is 1.31 bits per heavy atom. The molecule has 1 heterocycles. The highest BCUT2D eigenvalue weighted by Crippen LogP contribution is 2.08. The number of carbonyl (C=O) groups excluding carboxylic acids is 1. The molecular formula is C7H5FO4S. The summed E-state index contributed by atoms with van der Waals surface area (Å²) in [5, 5.41) is 0.348. The van der Waals surface area contributed by atoms with E-state index in [9.17, 15) is 17.1 Å². The van der Waals surface area contributed by atoms with E-state index in [0.717, 1.165) is 6.08 Å². The average molecular weight is 204 g/mol. The summed E-state index contributed by atoms with van der Waals surface area (Å²) in [6.45, 7) is 0. The summed E-state index contributed by atoms with van der Waals surface area (Å²) in [5.41, 5.74) is 0. The van der Waals surface area contributed by atoms with Crippen LogP contribution in [0.2, 0.25) is 0 Å². The first-order valence-electron chi connectivity index (χ1n) is 3.19. The van der Waals surface area contributed by atoms with Crippen LogP contribution in [0, 0.1) is 0 Å². The zero-order valence-corrected chi connectivity index (χ0v) is 7.12. The molecule has 13 heavy (non-hydrogen) atoms. The van der Waals surface area contributed by atoms with Gasteiger partial charge in [0.15, 0.2) is 12.0 Å². The molecule has 0 aliphatic carbocycles. The van der Waals surface area contributed by atoms with Crippen LogP contribution in [0.15, 0.2) is 22.0 Å². The number of halogens is 1. The third-order valence-electron chi connectivity index (χ3n) is 1.16. The fourth-order valence-electron chi connectivity index (χ4n) is 0.670. The molecule has 0 N–H and O–H groups in total. The summed E-state index contributed by atoms with van der Waals surface area (Å²) >= 11 is 0. The van der Waals surface area contributed by atoms with E-state index < -0.39 is 10.2 Å². The highest BCUT2D eigenvalue weighted by Gasteiger charge is 2.01. The summed E-state index contributed by atoms with van der Waals surface area (Å²) < 4.78 is 36.7. The molecule has 4 nitrogen and oxygen atoms in total. The Balaban J connectivity index is 2.87. The molecule has 0 saturated heterocycles. The lowest BCUT2D eigenvalue weighted by molar-refractivity contribution is 0.110. The van der Waals surface area contributed by atoms with Gasteiger partial charge in [0.05, 0.1) is 5.41 Å². The number of hydrogen-bond donors (Lipinski definition) is 0. The predicted octanol–water partition coefficient (Wildman–Crippen LogP) is 1.36. The monoisotopic (exact) mass is 204 g/mol. The van der Waals surface area contributed by atoms with Gasteiger partial charge in [0.1, 0.15) is 5.76 Å². The van der Waals surface area contributed by atoms with Crippen molar-refractivity contribution in [2.45, 2.75) is 0 Å². The normalized spacial score (nSPS) is 12.1. The Hall–Kier alpha value is -1.43. The van der Waals surface area contributed by atoms with Crippen molar-refractivity contribution in [2.75, 3.05) is 0 Å². The molecule has 1 aromatic heterocycles. The second-order valence-corrected chi connectivity index (χ2v) is 3.36. The van der Waals surface area contributed by atoms with Gasteiger partial charge in [-0.1, -0.05) is 0 Å². The molecular weight excluding hydrogens is 199 g/mol. The van der Waals surface area contributed by atoms with Gasteiger partial charge in [0.2, 0.25) is 0 Å². The first-order valence-corrected chi connectivity index (χ1v) is 4.64. The van der Waals surface area contributed by atoms with E-state index in [0.29, 0.717) is 11.7 Å². The van der Waals surface area contributed by atoms with E-state index in [1.54, 1.807) is 0 Å². The van der Waals surface area contributed by atoms with Crippen LogP contribution < -0.4 is 0 Å². The van der Waals surface area contributed by atoms with Crippen LogP contribution >= 0.6 is 0 Å². The molecule has 0 aliphatic heterocycles. The molecule has 70 valence electrons. The Morgan fingerprint density at radius 3 is 2.38 bits per heavy atom. The van der Waals surface area contributed by atoms with Gasteiger partial charge in [-0.3, -0.25) is 4.79 Å². The summed E-state index contributed by atoms with van der Waals surface area (Å²) in [4.78, 5) is 10.1. The topological polar surface area (TPSA) is 64.3 Å². The summed E-state index contributed by atoms with van der Waals surface area (Å²) in [6, 6.07) is 2.70. The number of hydrogen-bond acceptors (Lipinski definition) is 4. The van der Waals surface area contributed by atoms with Crippen LogP contribution in [0.4, 0.5) is 3.89 Å². The molecule has 0 aromatic carbocycles. The van der Waals surface area contributed by atoms with Crippen molar-refractivity contribution in [1.29, 1.82) is 0 Å². The minimum atomic E-state index is -4.65. The van der Waals surface area contributed by atoms with E-state index in [-0.39, 0.29) is 11.5 Å². The molecule has 0 radical (unpaired) electrons. The molecule has 6 heteroatoms. The number of aldehydes is 1. The summed E-state index contributed by atoms with van der Waals surface area (Å²) in [7, 11) is -4.65. The van der Waals surface area contributed by atoms with Gasteiger partial charge in [0.25, 0.3) is 0 Å². The zero-order valence-electron chi connectivity index (χ0n) is 6.31. The number of furan rings is 1. The van der Waals surface area contributed by atoms with Gasteiger partial charge >= 0.3 is 10.2 Å². The third kappa shape index (κ3) is 3.20. The van der Waals surface area contributed by atoms with E-state index in [1.165, 1.54) is 12.1 Å². The Kier molecular flexibility index (Phi) is 2.62. The van der Waals surface area contributed by atoms with E-state index in [1.807, 2.05) is 0 Å². The quantitative estimate of drug-likeness (QED) is 0.550. The lowest BCUT2D eigenvalue weighted by Gasteiger charge is -1.82. The zero-order chi connectivity index (χ0) is 9.90. The molecule has 0 bridgehead atoms. The Morgan fingerprint density at radius 2 is 1.92 bits per heavy atom. The molecule has 1 aromatic rings. The van der Waals surface area contributed by atoms with Crippen LogP contribution in [-0.4, -0.2) is 14.7 Å². The SMILES string of the molecule is O=Cc1ccc(/C=C/S(=O)(=O)F)o1. The van der Waals surface area contributed by atoms with Crippen LogP contribution in [0.5, 0.6) is 0 Å². The van der Waals surface area contributed by atoms with E-state index >= 15 is 0 Å². The maximum absolute atomic E-state index is 11.9. The van der Waals surface area contributed by atoms with Crippen LogP contribution in [0.1, 0.15) is 16.3 Å². The van der Waals surface area contributed by atoms with Gasteiger partial charge in [-0.25, -0.2) is 0 Å². The minimum Gasteiger partial charge on any atom is -0.454 e. The van der Waals surface area contributed by atoms with E-state index in [4.69, 9.17) is 4.42 Å². The molecule has 0 fully saturated rings. The molecule has 0 atom stereocenters. The largest absolute Gasteiger partial charge is 0.454 e. The van der Waals surface area contributed by atoms with Crippen molar-refractivity contribution < 1.29 is 21.5 Å². The van der Waals surface area contributed by atoms with Crippen molar-refractivity contribution in [3.05, 3.63) is 29.1 Å². The van der Waals surface area contributed by atoms with Crippen molar-refractivity contribution in [3.63, 3.8) is 0 Å². The van der Waals surface area contributed by atoms with Crippen LogP contribution in [0.3, 0.4) is 0 Å². The van der Waals surface area contributed by atoms with Crippen molar-refractivity contribution in [3.8, 4) is 0 Å². The lowest BCUT2D eigenvalue weighted by atomic mass is 10.4. The first kappa shape index (κ1) is 9.66. The first-order chi connectivity index (χ1) is 6.01. The fourth-order valence-corrected chi connectivity index (χ4v) is 0.966. The van der Waals surface area contributed by atoms with Gasteiger partial charge < -0.3 is 4.42 Å². The van der Waals surface area contributed by atoms with Gasteiger partial charge in [-0.2, -0.15) is 8.42 Å². The highest BCUT2D eigenvalue weighted by atomic mass is 32.3. The molecule has 0 spiro atoms. The second kappa shape index (κ2) is 3.53. The third-order valence-corrected chi connectivity index (χ3v) is 1.62. The average Bonchev–Trinajstić information content (AvgIpc) is 2.47. The standard InChI is InChI=1S/C7H5FO4S/c8-13(10,11)4-3-6-1-2-7(5-9)12-6/h1-5H/b4-3+. The number of rotatable bonds is 3. The molecule has 0 amide bonds. The predicted molar refractivity (Wildman–Crippen MR) is 43.2 cm³/mol. The van der Waals surface area contributed by atoms with Crippen LogP contribution in [-0.2, 0) is 10.2 Å². The summed E-state index contributed by atoms with van der Waals surface area (Å²) in [5.74, 6) is 0.152. The van der Waals surface area contributed by atoms with Crippen LogP contribution in [0.25, 0.3) is 6.08 Å². The van der Waals surface area contributed by atoms with Crippen molar-refractivity contribution in [2.24, 2.45) is 0 Å². The van der Waals surface area contributed by atoms with Gasteiger partial charge in [-0.05, 0) is 18.2 Å². The molecule has 0 aliphatic rings. The minimum absolute atomic E-state index is 0.0518. The van der Waals surface area contributed by atoms with Crippen molar-refractivity contribution >= 4 is 22.6 Å². The van der Waals surface area contributed by atoms with Crippen molar-refractivity contribution in [1.82, 2.24) is 0 Å². The molecule has 0 unspecified atom stereocenters. The van der Waals surface area contributed by atoms with E-state index in [2.05, 4.69) is 0 Å². The maximum Gasteiger partial charge on any atom is 0.325 e. The highest BCUT2D eigenvalue weighted by molar-refractivity contribution is 7.89. The molecule has 0 saturated carbocycles. The smallest absolute Gasteiger partial charge is 0.325 e. The Labute approximate surface area is 73.9 Å². The van der Waals surface area contributed by atoms with Gasteiger partial charge in [0, 0.05) is 0 Å². The maximum atomic E-state index is 11.9. The lowest BCUT2D eigenvalue weighted by Crippen LogP contribution is -1.79. The fraction of sp³-hybridized carbons (Fsp3) is 0. The molecule has 1 rings (SSSR count). The summed E-state index contributed by atoms with van der Waals surface area (Å²) in [6.07, 6.45) is 1.38. The number of carbonyl (C=O) groups is 1. The Bertz CT molecular complexity index is 429. The van der Waals surface area contributed by atoms with Gasteiger partial charge in [-0.15, -0.1) is 3.89 Å². The second-order valence-electron chi connectivity index (χ2n) is 2.14.